The largest absolute Gasteiger partial charge is 0.286 e. The van der Waals surface area contributed by atoms with Crippen molar-refractivity contribution in [1.82, 2.24) is 30.2 Å². The van der Waals surface area contributed by atoms with E-state index >= 15 is 0 Å². The molecule has 25 heavy (non-hydrogen) atoms. The van der Waals surface area contributed by atoms with E-state index in [-0.39, 0.29) is 24.8 Å². The fourth-order valence-corrected chi connectivity index (χ4v) is 2.43. The van der Waals surface area contributed by atoms with Crippen molar-refractivity contribution in [1.29, 1.82) is 0 Å². The number of fused-ring (bicyclic) bond motifs is 1. The summed E-state index contributed by atoms with van der Waals surface area (Å²) in [6, 6.07) is 0. The van der Waals surface area contributed by atoms with E-state index in [2.05, 4.69) is 32.8 Å². The van der Waals surface area contributed by atoms with Gasteiger partial charge < -0.3 is 0 Å². The number of unbranched alkanes of at least 4 members (excludes halogenated alkanes) is 2. The molecule has 0 aliphatic carbocycles. The van der Waals surface area contributed by atoms with Gasteiger partial charge in [-0.15, -0.1) is 0 Å². The topological polar surface area (TPSA) is 125 Å². The first-order valence-corrected chi connectivity index (χ1v) is 8.16. The number of carbonyl (C=O) groups is 2. The Kier molecular flexibility index (Phi) is 6.63. The van der Waals surface area contributed by atoms with Crippen molar-refractivity contribution in [3.63, 3.8) is 0 Å². The Morgan fingerprint density at radius 2 is 2.24 bits per heavy atom. The van der Waals surface area contributed by atoms with Crippen molar-refractivity contribution in [2.24, 2.45) is 13.0 Å². The Bertz CT molecular complexity index is 718. The normalized spacial score (nSPS) is 12.0. The molecule has 0 aliphatic rings. The van der Waals surface area contributed by atoms with E-state index in [4.69, 9.17) is 0 Å². The summed E-state index contributed by atoms with van der Waals surface area (Å²) in [6.07, 6.45) is 6.92. The minimum atomic E-state index is -0.533. The number of nitrogens with zero attached hydrogens (tertiary/aromatic N) is 5. The first kappa shape index (κ1) is 18.6. The van der Waals surface area contributed by atoms with Gasteiger partial charge in [0.25, 0.3) is 0 Å². The van der Waals surface area contributed by atoms with Crippen LogP contribution >= 0.6 is 0 Å². The highest BCUT2D eigenvalue weighted by molar-refractivity contribution is 5.80. The van der Waals surface area contributed by atoms with Gasteiger partial charge in [-0.3, -0.25) is 30.3 Å². The number of aryl methyl sites for hydroxylation is 1. The second-order valence-corrected chi connectivity index (χ2v) is 5.78. The van der Waals surface area contributed by atoms with Crippen LogP contribution in [-0.2, 0) is 16.6 Å². The molecule has 0 aromatic carbocycles. The van der Waals surface area contributed by atoms with E-state index in [0.29, 0.717) is 17.1 Å². The van der Waals surface area contributed by atoms with E-state index in [1.165, 1.54) is 0 Å². The number of hydrogen-bond donors (Lipinski definition) is 3. The van der Waals surface area contributed by atoms with E-state index in [9.17, 15) is 14.8 Å². The molecule has 3 N–H and O–H groups in total. The summed E-state index contributed by atoms with van der Waals surface area (Å²) in [7, 11) is 1.76. The summed E-state index contributed by atoms with van der Waals surface area (Å²) in [4.78, 5) is 31.3. The molecule has 2 heterocycles. The monoisotopic (exact) mass is 349 g/mol. The van der Waals surface area contributed by atoms with E-state index < -0.39 is 5.92 Å². The van der Waals surface area contributed by atoms with Crippen LogP contribution in [0.5, 0.6) is 0 Å². The van der Waals surface area contributed by atoms with Crippen LogP contribution in [0.15, 0.2) is 12.4 Å². The van der Waals surface area contributed by atoms with Crippen LogP contribution in [0, 0.1) is 5.92 Å². The van der Waals surface area contributed by atoms with Crippen molar-refractivity contribution in [3.05, 3.63) is 12.4 Å². The van der Waals surface area contributed by atoms with Gasteiger partial charge in [-0.25, -0.2) is 10.0 Å². The number of hydrazine groups is 1. The first-order chi connectivity index (χ1) is 12.0. The molecule has 0 saturated carbocycles. The van der Waals surface area contributed by atoms with Gasteiger partial charge in [-0.1, -0.05) is 26.2 Å². The average molecular weight is 349 g/mol. The van der Waals surface area contributed by atoms with Crippen LogP contribution in [-0.4, -0.2) is 48.9 Å². The summed E-state index contributed by atoms with van der Waals surface area (Å²) in [5, 5.41) is 14.7. The Morgan fingerprint density at radius 1 is 1.44 bits per heavy atom. The predicted octanol–water partition coefficient (Wildman–Crippen LogP) is 0.851. The SMILES string of the molecule is CCCCC[C@H](CN(O)C=O)C(=O)NNc1ncc2cnn(C)c2n1. The maximum Gasteiger partial charge on any atom is 0.243 e. The number of carbonyl (C=O) groups excluding carboxylic acids is 2. The standard InChI is InChI=1S/C15H23N7O3/c1-3-4-5-6-11(9-22(25)10-23)14(24)19-20-15-16-7-12-8-17-21(2)13(12)18-15/h7-8,10-11,25H,3-6,9H2,1-2H3,(H,19,24)(H,16,18,20)/t11-/m1/s1. The third kappa shape index (κ3) is 5.11. The Morgan fingerprint density at radius 3 is 2.96 bits per heavy atom. The first-order valence-electron chi connectivity index (χ1n) is 8.16. The number of aromatic nitrogens is 4. The van der Waals surface area contributed by atoms with Gasteiger partial charge in [0, 0.05) is 13.2 Å². The lowest BCUT2D eigenvalue weighted by Crippen LogP contribution is -2.40. The van der Waals surface area contributed by atoms with Crippen LogP contribution in [0.1, 0.15) is 32.6 Å². The molecule has 2 aromatic heterocycles. The fourth-order valence-electron chi connectivity index (χ4n) is 2.43. The average Bonchev–Trinajstić information content (AvgIpc) is 2.99. The minimum Gasteiger partial charge on any atom is -0.286 e. The Balaban J connectivity index is 1.97. The third-order valence-corrected chi connectivity index (χ3v) is 3.83. The minimum absolute atomic E-state index is 0.0671. The molecule has 0 saturated heterocycles. The molecule has 2 amide bonds. The van der Waals surface area contributed by atoms with E-state index in [1.54, 1.807) is 24.1 Å². The zero-order valence-corrected chi connectivity index (χ0v) is 14.3. The van der Waals surface area contributed by atoms with Gasteiger partial charge in [0.15, 0.2) is 5.65 Å². The lowest BCUT2D eigenvalue weighted by molar-refractivity contribution is -0.154. The zero-order chi connectivity index (χ0) is 18.2. The number of nitrogens with one attached hydrogen (secondary N) is 2. The van der Waals surface area contributed by atoms with Crippen molar-refractivity contribution >= 4 is 29.3 Å². The Labute approximate surface area is 145 Å². The van der Waals surface area contributed by atoms with Gasteiger partial charge in [-0.05, 0) is 6.42 Å². The van der Waals surface area contributed by atoms with Crippen molar-refractivity contribution in [2.75, 3.05) is 12.0 Å². The highest BCUT2D eigenvalue weighted by Crippen LogP contribution is 2.13. The molecular weight excluding hydrogens is 326 g/mol. The number of amides is 2. The van der Waals surface area contributed by atoms with Crippen LogP contribution in [0.2, 0.25) is 0 Å². The summed E-state index contributed by atoms with van der Waals surface area (Å²) in [5.74, 6) is -0.645. The molecule has 0 fully saturated rings. The lowest BCUT2D eigenvalue weighted by Gasteiger charge is -2.19. The van der Waals surface area contributed by atoms with Crippen LogP contribution < -0.4 is 10.9 Å². The molecule has 2 aromatic rings. The number of anilines is 1. The maximum atomic E-state index is 12.3. The molecule has 10 nitrogen and oxygen atoms in total. The maximum absolute atomic E-state index is 12.3. The predicted molar refractivity (Wildman–Crippen MR) is 90.3 cm³/mol. The number of hydrogen-bond acceptors (Lipinski definition) is 7. The van der Waals surface area contributed by atoms with Crippen LogP contribution in [0.25, 0.3) is 11.0 Å². The number of rotatable bonds is 10. The smallest absolute Gasteiger partial charge is 0.243 e. The summed E-state index contributed by atoms with van der Waals surface area (Å²) < 4.78 is 1.60. The quantitative estimate of drug-likeness (QED) is 0.251. The van der Waals surface area contributed by atoms with Gasteiger partial charge in [0.2, 0.25) is 18.3 Å². The van der Waals surface area contributed by atoms with E-state index in [1.807, 2.05) is 0 Å². The van der Waals surface area contributed by atoms with Crippen molar-refractivity contribution in [3.8, 4) is 0 Å². The molecular formula is C15H23N7O3. The van der Waals surface area contributed by atoms with Crippen LogP contribution in [0.3, 0.4) is 0 Å². The molecule has 2 rings (SSSR count). The highest BCUT2D eigenvalue weighted by atomic mass is 16.5. The lowest BCUT2D eigenvalue weighted by atomic mass is 10.0. The summed E-state index contributed by atoms with van der Waals surface area (Å²) >= 11 is 0. The summed E-state index contributed by atoms with van der Waals surface area (Å²) in [6.45, 7) is 1.99. The van der Waals surface area contributed by atoms with Gasteiger partial charge in [-0.2, -0.15) is 10.1 Å². The Hall–Kier alpha value is -2.75. The second kappa shape index (κ2) is 8.92. The van der Waals surface area contributed by atoms with Crippen molar-refractivity contribution < 1.29 is 14.8 Å². The van der Waals surface area contributed by atoms with Gasteiger partial charge in [0.05, 0.1) is 24.0 Å². The number of hydroxylamine groups is 2. The van der Waals surface area contributed by atoms with E-state index in [0.717, 1.165) is 24.6 Å². The fraction of sp³-hybridized carbons (Fsp3) is 0.533. The molecule has 0 unspecified atom stereocenters. The van der Waals surface area contributed by atoms with Gasteiger partial charge >= 0.3 is 0 Å². The molecule has 0 spiro atoms. The van der Waals surface area contributed by atoms with Gasteiger partial charge in [0.1, 0.15) is 0 Å². The zero-order valence-electron chi connectivity index (χ0n) is 14.3. The molecule has 0 bridgehead atoms. The highest BCUT2D eigenvalue weighted by Gasteiger charge is 2.20. The summed E-state index contributed by atoms with van der Waals surface area (Å²) in [5.41, 5.74) is 5.83. The molecule has 136 valence electrons. The van der Waals surface area contributed by atoms with Crippen molar-refractivity contribution in [2.45, 2.75) is 32.6 Å². The third-order valence-electron chi connectivity index (χ3n) is 3.83. The second-order valence-electron chi connectivity index (χ2n) is 5.78. The molecule has 1 atom stereocenters. The molecule has 10 heteroatoms. The van der Waals surface area contributed by atoms with Crippen LogP contribution in [0.4, 0.5) is 5.95 Å². The molecule has 0 radical (unpaired) electrons. The molecule has 0 aliphatic heterocycles.